The van der Waals surface area contributed by atoms with Crippen molar-refractivity contribution in [1.29, 1.82) is 0 Å². The van der Waals surface area contributed by atoms with E-state index in [2.05, 4.69) is 0 Å². The van der Waals surface area contributed by atoms with Crippen molar-refractivity contribution in [3.05, 3.63) is 63.2 Å². The van der Waals surface area contributed by atoms with E-state index in [1.54, 1.807) is 23.5 Å². The summed E-state index contributed by atoms with van der Waals surface area (Å²) >= 11 is 9.69. The zero-order chi connectivity index (χ0) is 16.3. The van der Waals surface area contributed by atoms with Gasteiger partial charge in [-0.05, 0) is 31.6 Å². The van der Waals surface area contributed by atoms with Gasteiger partial charge in [-0.2, -0.15) is 0 Å². The van der Waals surface area contributed by atoms with Crippen LogP contribution >= 0.6 is 35.1 Å². The summed E-state index contributed by atoms with van der Waals surface area (Å²) in [4.78, 5) is 12.6. The van der Waals surface area contributed by atoms with Gasteiger partial charge in [-0.25, -0.2) is 0 Å². The van der Waals surface area contributed by atoms with Gasteiger partial charge < -0.3 is 4.57 Å². The maximum absolute atomic E-state index is 12.6. The average Bonchev–Trinajstić information content (AvgIpc) is 2.90. The molecule has 116 valence electrons. The molecule has 1 aromatic carbocycles. The number of hydrogen-bond donors (Lipinski definition) is 0. The van der Waals surface area contributed by atoms with Gasteiger partial charge in [0, 0.05) is 12.6 Å². The molecule has 0 unspecified atom stereocenters. The highest BCUT2D eigenvalue weighted by Gasteiger charge is 2.17. The number of aromatic nitrogens is 1. The molecule has 2 nitrogen and oxygen atoms in total. The molecule has 0 atom stereocenters. The van der Waals surface area contributed by atoms with Crippen molar-refractivity contribution in [2.75, 3.05) is 12.5 Å². The monoisotopic (exact) mass is 351 g/mol. The molecule has 2 aromatic rings. The minimum atomic E-state index is 0.00747. The number of hydrogen-bond acceptors (Lipinski definition) is 3. The summed E-state index contributed by atoms with van der Waals surface area (Å²) in [7, 11) is 1.87. The average molecular weight is 352 g/mol. The normalized spacial score (nSPS) is 10.6. The van der Waals surface area contributed by atoms with E-state index in [0.717, 1.165) is 15.5 Å². The van der Waals surface area contributed by atoms with Crippen LogP contribution in [0.25, 0.3) is 5.03 Å². The number of thioether (sulfide) groups is 2. The van der Waals surface area contributed by atoms with Gasteiger partial charge in [0.1, 0.15) is 0 Å². The maximum atomic E-state index is 12.6. The lowest BCUT2D eigenvalue weighted by atomic mass is 10.1. The molecule has 0 radical (unpaired) electrons. The Labute approximate surface area is 144 Å². The largest absolute Gasteiger partial charge is 0.340 e. The first-order chi connectivity index (χ1) is 10.5. The van der Waals surface area contributed by atoms with E-state index < -0.39 is 0 Å². The Balaban J connectivity index is 2.41. The van der Waals surface area contributed by atoms with Crippen LogP contribution in [0.5, 0.6) is 0 Å². The van der Waals surface area contributed by atoms with Crippen LogP contribution in [-0.4, -0.2) is 22.9 Å². The quantitative estimate of drug-likeness (QED) is 0.695. The summed E-state index contributed by atoms with van der Waals surface area (Å²) in [5, 5.41) is 0.686. The van der Waals surface area contributed by atoms with Gasteiger partial charge in [-0.3, -0.25) is 4.79 Å². The zero-order valence-electron chi connectivity index (χ0n) is 13.0. The van der Waals surface area contributed by atoms with Crippen molar-refractivity contribution in [3.63, 3.8) is 0 Å². The van der Waals surface area contributed by atoms with Gasteiger partial charge in [0.05, 0.1) is 20.7 Å². The Morgan fingerprint density at radius 2 is 1.55 bits per heavy atom. The molecule has 0 bridgehead atoms. The van der Waals surface area contributed by atoms with Gasteiger partial charge in [0.2, 0.25) is 5.78 Å². The predicted molar refractivity (Wildman–Crippen MR) is 99.8 cm³/mol. The fraction of sp³-hybridized carbons (Fsp3) is 0.235. The number of benzene rings is 1. The van der Waals surface area contributed by atoms with Crippen molar-refractivity contribution in [2.24, 2.45) is 7.05 Å². The molecule has 0 N–H and O–H groups in total. The molecule has 0 aliphatic rings. The highest BCUT2D eigenvalue weighted by molar-refractivity contribution is 8.22. The number of rotatable bonds is 5. The Morgan fingerprint density at radius 3 is 2.09 bits per heavy atom. The van der Waals surface area contributed by atoms with Crippen molar-refractivity contribution in [3.8, 4) is 0 Å². The standard InChI is InChI=1S/C17H18ClNOS2/c1-11-5-7-12(8-6-11)16(20)14-10-9-13(19(14)2)15(18)17(21-3)22-4/h5-10H,1-4H3. The van der Waals surface area contributed by atoms with Crippen LogP contribution < -0.4 is 0 Å². The lowest BCUT2D eigenvalue weighted by Gasteiger charge is -2.09. The van der Waals surface area contributed by atoms with E-state index in [1.165, 1.54) is 0 Å². The fourth-order valence-electron chi connectivity index (χ4n) is 2.18. The van der Waals surface area contributed by atoms with Crippen LogP contribution in [0.4, 0.5) is 0 Å². The zero-order valence-corrected chi connectivity index (χ0v) is 15.4. The molecule has 0 amide bonds. The SMILES string of the molecule is CSC(SC)=C(Cl)c1ccc(C(=O)c2ccc(C)cc2)n1C. The molecule has 0 aliphatic heterocycles. The van der Waals surface area contributed by atoms with Crippen LogP contribution in [0.3, 0.4) is 0 Å². The first-order valence-corrected chi connectivity index (χ1v) is 9.57. The molecule has 5 heteroatoms. The molecule has 0 saturated carbocycles. The van der Waals surface area contributed by atoms with E-state index in [-0.39, 0.29) is 5.78 Å². The Morgan fingerprint density at radius 1 is 1.00 bits per heavy atom. The molecule has 1 heterocycles. The van der Waals surface area contributed by atoms with Gasteiger partial charge in [-0.15, -0.1) is 23.5 Å². The predicted octanol–water partition coefficient (Wildman–Crippen LogP) is 5.16. The minimum absolute atomic E-state index is 0.00747. The Hall–Kier alpha value is -1.10. The smallest absolute Gasteiger partial charge is 0.209 e. The lowest BCUT2D eigenvalue weighted by Crippen LogP contribution is -2.08. The third kappa shape index (κ3) is 3.45. The van der Waals surface area contributed by atoms with Crippen molar-refractivity contribution < 1.29 is 4.79 Å². The highest BCUT2D eigenvalue weighted by atomic mass is 35.5. The third-order valence-electron chi connectivity index (χ3n) is 3.44. The summed E-state index contributed by atoms with van der Waals surface area (Å²) < 4.78 is 2.90. The maximum Gasteiger partial charge on any atom is 0.209 e. The van der Waals surface area contributed by atoms with Crippen molar-refractivity contribution >= 4 is 45.9 Å². The number of carbonyl (C=O) groups excluding carboxylic acids is 1. The van der Waals surface area contributed by atoms with Crippen LogP contribution in [0.15, 0.2) is 40.6 Å². The van der Waals surface area contributed by atoms with E-state index in [4.69, 9.17) is 11.6 Å². The second-order valence-electron chi connectivity index (χ2n) is 4.87. The summed E-state index contributed by atoms with van der Waals surface area (Å²) in [5.41, 5.74) is 3.32. The Kier molecular flexibility index (Phi) is 5.84. The second-order valence-corrected chi connectivity index (χ2v) is 7.14. The van der Waals surface area contributed by atoms with E-state index in [1.807, 2.05) is 67.4 Å². The van der Waals surface area contributed by atoms with Crippen molar-refractivity contribution in [1.82, 2.24) is 4.57 Å². The Bertz CT molecular complexity index is 711. The summed E-state index contributed by atoms with van der Waals surface area (Å²) in [6.07, 6.45) is 3.99. The molecule has 0 saturated heterocycles. The number of aryl methyl sites for hydroxylation is 1. The van der Waals surface area contributed by atoms with E-state index in [0.29, 0.717) is 16.3 Å². The third-order valence-corrected chi connectivity index (χ3v) is 6.20. The number of nitrogens with zero attached hydrogens (tertiary/aromatic N) is 1. The van der Waals surface area contributed by atoms with E-state index in [9.17, 15) is 4.79 Å². The van der Waals surface area contributed by atoms with Gasteiger partial charge in [0.15, 0.2) is 0 Å². The van der Waals surface area contributed by atoms with Crippen LogP contribution in [0, 0.1) is 6.92 Å². The first kappa shape index (κ1) is 17.3. The highest BCUT2D eigenvalue weighted by Crippen LogP contribution is 2.36. The molecule has 22 heavy (non-hydrogen) atoms. The summed E-state index contributed by atoms with van der Waals surface area (Å²) in [5.74, 6) is 0.00747. The first-order valence-electron chi connectivity index (χ1n) is 6.74. The molecule has 0 spiro atoms. The lowest BCUT2D eigenvalue weighted by molar-refractivity contribution is 0.103. The second kappa shape index (κ2) is 7.44. The van der Waals surface area contributed by atoms with Crippen LogP contribution in [0.1, 0.15) is 27.3 Å². The van der Waals surface area contributed by atoms with Crippen LogP contribution in [-0.2, 0) is 7.05 Å². The van der Waals surface area contributed by atoms with Crippen molar-refractivity contribution in [2.45, 2.75) is 6.92 Å². The number of halogens is 1. The molecule has 2 rings (SSSR count). The summed E-state index contributed by atoms with van der Waals surface area (Å²) in [6.45, 7) is 2.01. The number of ketones is 1. The van der Waals surface area contributed by atoms with Gasteiger partial charge >= 0.3 is 0 Å². The van der Waals surface area contributed by atoms with Crippen LogP contribution in [0.2, 0.25) is 0 Å². The number of carbonyl (C=O) groups is 1. The summed E-state index contributed by atoms with van der Waals surface area (Å²) in [6, 6.07) is 11.3. The topological polar surface area (TPSA) is 22.0 Å². The van der Waals surface area contributed by atoms with Gasteiger partial charge in [-0.1, -0.05) is 41.4 Å². The van der Waals surface area contributed by atoms with Gasteiger partial charge in [0.25, 0.3) is 0 Å². The molecule has 0 fully saturated rings. The molecular formula is C17H18ClNOS2. The minimum Gasteiger partial charge on any atom is -0.340 e. The molecular weight excluding hydrogens is 334 g/mol. The molecule has 0 aliphatic carbocycles. The fourth-order valence-corrected chi connectivity index (χ4v) is 4.07. The van der Waals surface area contributed by atoms with E-state index >= 15 is 0 Å². The molecule has 1 aromatic heterocycles.